The third-order valence-corrected chi connectivity index (χ3v) is 4.20. The summed E-state index contributed by atoms with van der Waals surface area (Å²) in [7, 11) is 0. The monoisotopic (exact) mass is 300 g/mol. The maximum Gasteiger partial charge on any atom is 0.416 e. The van der Waals surface area contributed by atoms with Crippen molar-refractivity contribution in [3.05, 3.63) is 35.4 Å². The highest BCUT2D eigenvalue weighted by molar-refractivity contribution is 5.94. The Morgan fingerprint density at radius 1 is 1.38 bits per heavy atom. The second kappa shape index (κ2) is 4.99. The Bertz CT molecular complexity index is 561. The van der Waals surface area contributed by atoms with Gasteiger partial charge in [0.1, 0.15) is 0 Å². The highest BCUT2D eigenvalue weighted by Gasteiger charge is 2.52. The van der Waals surface area contributed by atoms with Gasteiger partial charge in [-0.1, -0.05) is 6.07 Å². The van der Waals surface area contributed by atoms with E-state index in [1.54, 1.807) is 0 Å². The van der Waals surface area contributed by atoms with Crippen LogP contribution in [0, 0.1) is 5.92 Å². The van der Waals surface area contributed by atoms with Crippen molar-refractivity contribution in [2.75, 3.05) is 6.61 Å². The van der Waals surface area contributed by atoms with Gasteiger partial charge in [0.05, 0.1) is 17.7 Å². The number of halogens is 3. The lowest BCUT2D eigenvalue weighted by molar-refractivity contribution is -0.137. The van der Waals surface area contributed by atoms with Crippen molar-refractivity contribution >= 4 is 5.91 Å². The fraction of sp³-hybridized carbons (Fsp3) is 0.500. The molecule has 1 amide bonds. The fourth-order valence-corrected chi connectivity index (χ4v) is 3.00. The molecule has 0 bridgehead atoms. The van der Waals surface area contributed by atoms with Gasteiger partial charge in [-0.05, 0) is 24.6 Å². The highest BCUT2D eigenvalue weighted by atomic mass is 19.4. The van der Waals surface area contributed by atoms with Gasteiger partial charge in [0.2, 0.25) is 0 Å². The molecular formula is C14H15F3N2O2. The number of carbonyl (C=O) groups excluding carboxylic acids is 1. The lowest BCUT2D eigenvalue weighted by Crippen LogP contribution is -2.68. The molecule has 1 aliphatic carbocycles. The van der Waals surface area contributed by atoms with Crippen LogP contribution in [-0.2, 0) is 10.9 Å². The molecule has 3 N–H and O–H groups in total. The van der Waals surface area contributed by atoms with Crippen LogP contribution in [0.15, 0.2) is 24.3 Å². The molecule has 1 saturated heterocycles. The third kappa shape index (κ3) is 2.51. The number of nitrogens with one attached hydrogen (secondary N) is 1. The molecule has 1 aromatic carbocycles. The summed E-state index contributed by atoms with van der Waals surface area (Å²) in [6, 6.07) is 3.80. The number of benzene rings is 1. The molecule has 114 valence electrons. The second-order valence-electron chi connectivity index (χ2n) is 5.44. The van der Waals surface area contributed by atoms with Crippen LogP contribution in [0.4, 0.5) is 13.2 Å². The molecule has 1 aliphatic heterocycles. The van der Waals surface area contributed by atoms with Gasteiger partial charge in [-0.25, -0.2) is 0 Å². The summed E-state index contributed by atoms with van der Waals surface area (Å²) in [6.45, 7) is 0.610. The first-order chi connectivity index (χ1) is 9.88. The number of carbonyl (C=O) groups is 1. The molecule has 0 spiro atoms. The average molecular weight is 300 g/mol. The van der Waals surface area contributed by atoms with E-state index in [0.717, 1.165) is 18.6 Å². The van der Waals surface area contributed by atoms with E-state index in [0.29, 0.717) is 6.61 Å². The van der Waals surface area contributed by atoms with Gasteiger partial charge in [0.15, 0.2) is 0 Å². The van der Waals surface area contributed by atoms with Gasteiger partial charge >= 0.3 is 6.18 Å². The first-order valence-electron chi connectivity index (χ1n) is 6.73. The Balaban J connectivity index is 1.71. The minimum atomic E-state index is -4.47. The largest absolute Gasteiger partial charge is 0.416 e. The summed E-state index contributed by atoms with van der Waals surface area (Å²) in [5.41, 5.74) is 5.09. The van der Waals surface area contributed by atoms with E-state index in [-0.39, 0.29) is 29.7 Å². The molecule has 1 aromatic rings. The Morgan fingerprint density at radius 2 is 2.14 bits per heavy atom. The van der Waals surface area contributed by atoms with Crippen molar-refractivity contribution in [2.45, 2.75) is 30.8 Å². The van der Waals surface area contributed by atoms with Crippen molar-refractivity contribution in [1.29, 1.82) is 0 Å². The number of alkyl halides is 3. The van der Waals surface area contributed by atoms with E-state index in [2.05, 4.69) is 5.32 Å². The Morgan fingerprint density at radius 3 is 2.86 bits per heavy atom. The van der Waals surface area contributed by atoms with E-state index in [1.807, 2.05) is 0 Å². The SMILES string of the molecule is NC1C2CCOC2C1NC(=O)c1cccc(C(F)(F)F)c1. The standard InChI is InChI=1S/C14H15F3N2O2/c15-14(16,17)8-3-1-2-7(6-8)13(20)19-11-10(18)9-4-5-21-12(9)11/h1-3,6,9-12H,4-5,18H2,(H,19,20). The molecule has 0 radical (unpaired) electrons. The molecule has 1 saturated carbocycles. The van der Waals surface area contributed by atoms with Crippen molar-refractivity contribution in [1.82, 2.24) is 5.32 Å². The topological polar surface area (TPSA) is 64.3 Å². The number of fused-ring (bicyclic) bond motifs is 1. The molecule has 4 atom stereocenters. The van der Waals surface area contributed by atoms with Crippen LogP contribution in [0.25, 0.3) is 0 Å². The van der Waals surface area contributed by atoms with Gasteiger partial charge in [-0.3, -0.25) is 4.79 Å². The zero-order valence-corrected chi connectivity index (χ0v) is 11.1. The molecule has 2 aliphatic rings. The predicted molar refractivity (Wildman–Crippen MR) is 68.5 cm³/mol. The van der Waals surface area contributed by atoms with E-state index < -0.39 is 17.6 Å². The van der Waals surface area contributed by atoms with Gasteiger partial charge in [-0.15, -0.1) is 0 Å². The summed E-state index contributed by atoms with van der Waals surface area (Å²) < 4.78 is 43.4. The van der Waals surface area contributed by atoms with Crippen molar-refractivity contribution in [2.24, 2.45) is 11.7 Å². The highest BCUT2D eigenvalue weighted by Crippen LogP contribution is 2.38. The number of amides is 1. The van der Waals surface area contributed by atoms with E-state index in [9.17, 15) is 18.0 Å². The van der Waals surface area contributed by atoms with Crippen LogP contribution in [0.2, 0.25) is 0 Å². The van der Waals surface area contributed by atoms with Gasteiger partial charge in [-0.2, -0.15) is 13.2 Å². The van der Waals surface area contributed by atoms with Crippen molar-refractivity contribution in [3.63, 3.8) is 0 Å². The van der Waals surface area contributed by atoms with Crippen LogP contribution in [-0.4, -0.2) is 30.7 Å². The summed E-state index contributed by atoms with van der Waals surface area (Å²) >= 11 is 0. The second-order valence-corrected chi connectivity index (χ2v) is 5.44. The Labute approximate surface area is 119 Å². The summed E-state index contributed by atoms with van der Waals surface area (Å²) in [5, 5.41) is 2.68. The van der Waals surface area contributed by atoms with Gasteiger partial charge in [0.25, 0.3) is 5.91 Å². The first-order valence-corrected chi connectivity index (χ1v) is 6.73. The van der Waals surface area contributed by atoms with E-state index >= 15 is 0 Å². The normalized spacial score (nSPS) is 31.4. The lowest BCUT2D eigenvalue weighted by atomic mass is 9.72. The molecule has 4 nitrogen and oxygen atoms in total. The Hall–Kier alpha value is -1.60. The number of ether oxygens (including phenoxy) is 1. The molecule has 4 unspecified atom stereocenters. The molecule has 3 rings (SSSR count). The number of rotatable bonds is 2. The first kappa shape index (κ1) is 14.3. The minimum Gasteiger partial charge on any atom is -0.376 e. The zero-order chi connectivity index (χ0) is 15.2. The number of hydrogen-bond donors (Lipinski definition) is 2. The average Bonchev–Trinajstić information content (AvgIpc) is 2.88. The van der Waals surface area contributed by atoms with Gasteiger partial charge < -0.3 is 15.8 Å². The van der Waals surface area contributed by atoms with Crippen molar-refractivity contribution < 1.29 is 22.7 Å². The molecule has 0 aromatic heterocycles. The van der Waals surface area contributed by atoms with Crippen LogP contribution < -0.4 is 11.1 Å². The molecular weight excluding hydrogens is 285 g/mol. The summed E-state index contributed by atoms with van der Waals surface area (Å²) in [5.74, 6) is -0.327. The molecule has 1 heterocycles. The van der Waals surface area contributed by atoms with Crippen LogP contribution in [0.5, 0.6) is 0 Å². The Kier molecular flexibility index (Phi) is 3.41. The van der Waals surface area contributed by atoms with E-state index in [1.165, 1.54) is 12.1 Å². The van der Waals surface area contributed by atoms with Crippen molar-refractivity contribution in [3.8, 4) is 0 Å². The van der Waals surface area contributed by atoms with Gasteiger partial charge in [0, 0.05) is 24.1 Å². The smallest absolute Gasteiger partial charge is 0.376 e. The van der Waals surface area contributed by atoms with Crippen LogP contribution in [0.1, 0.15) is 22.3 Å². The summed E-state index contributed by atoms with van der Waals surface area (Å²) in [4.78, 5) is 12.1. The molecule has 21 heavy (non-hydrogen) atoms. The fourth-order valence-electron chi connectivity index (χ4n) is 3.00. The minimum absolute atomic E-state index is 0.0292. The van der Waals surface area contributed by atoms with Crippen LogP contribution >= 0.6 is 0 Å². The lowest BCUT2D eigenvalue weighted by Gasteiger charge is -2.45. The number of hydrogen-bond acceptors (Lipinski definition) is 3. The molecule has 7 heteroatoms. The summed E-state index contributed by atoms with van der Waals surface area (Å²) in [6.07, 6.45) is -3.72. The van der Waals surface area contributed by atoms with E-state index in [4.69, 9.17) is 10.5 Å². The number of nitrogens with two attached hydrogens (primary N) is 1. The quantitative estimate of drug-likeness (QED) is 0.871. The zero-order valence-electron chi connectivity index (χ0n) is 11.1. The van der Waals surface area contributed by atoms with Crippen LogP contribution in [0.3, 0.4) is 0 Å². The maximum absolute atomic E-state index is 12.6. The predicted octanol–water partition coefficient (Wildman–Crippen LogP) is 1.55. The maximum atomic E-state index is 12.6. The molecule has 2 fully saturated rings. The third-order valence-electron chi connectivity index (χ3n) is 4.20.